The third-order valence-corrected chi connectivity index (χ3v) is 2.97. The van der Waals surface area contributed by atoms with E-state index in [0.29, 0.717) is 11.1 Å². The molecule has 0 aliphatic heterocycles. The largest absolute Gasteiger partial charge is 0.508 e. The molecule has 1 N–H and O–H groups in total. The molecule has 78 valence electrons. The van der Waals surface area contributed by atoms with Gasteiger partial charge in [-0.05, 0) is 16.8 Å². The van der Waals surface area contributed by atoms with Gasteiger partial charge in [-0.2, -0.15) is 0 Å². The van der Waals surface area contributed by atoms with Crippen molar-refractivity contribution in [3.63, 3.8) is 0 Å². The lowest BCUT2D eigenvalue weighted by Gasteiger charge is -2.15. The fraction of sp³-hybridized carbons (Fsp3) is 0.0714. The van der Waals surface area contributed by atoms with E-state index >= 15 is 0 Å². The summed E-state index contributed by atoms with van der Waals surface area (Å²) < 4.78 is 0. The van der Waals surface area contributed by atoms with Crippen molar-refractivity contribution < 1.29 is 9.90 Å². The second-order valence-corrected chi connectivity index (χ2v) is 3.93. The number of fused-ring (bicyclic) bond motifs is 3. The van der Waals surface area contributed by atoms with Crippen molar-refractivity contribution in [1.29, 1.82) is 0 Å². The zero-order valence-electron chi connectivity index (χ0n) is 8.60. The van der Waals surface area contributed by atoms with Crippen LogP contribution in [-0.2, 0) is 0 Å². The van der Waals surface area contributed by atoms with Crippen LogP contribution in [0, 0.1) is 0 Å². The summed E-state index contributed by atoms with van der Waals surface area (Å²) in [5.41, 5.74) is 1.30. The number of aliphatic hydroxyl groups excluding tert-OH is 1. The number of aliphatic hydroxyl groups is 1. The van der Waals surface area contributed by atoms with Gasteiger partial charge in [-0.15, -0.1) is 0 Å². The molecule has 0 aromatic heterocycles. The summed E-state index contributed by atoms with van der Waals surface area (Å²) in [6, 6.07) is 11.5. The minimum atomic E-state index is 0.0681. The number of benzene rings is 2. The normalized spacial score (nSPS) is 14.8. The van der Waals surface area contributed by atoms with Crippen LogP contribution in [0.15, 0.2) is 42.5 Å². The lowest BCUT2D eigenvalue weighted by molar-refractivity contribution is 0.0993. The Kier molecular flexibility index (Phi) is 1.83. The first kappa shape index (κ1) is 9.16. The number of ketones is 1. The second-order valence-electron chi connectivity index (χ2n) is 3.93. The van der Waals surface area contributed by atoms with Crippen molar-refractivity contribution in [2.24, 2.45) is 0 Å². The topological polar surface area (TPSA) is 37.3 Å². The Labute approximate surface area is 92.8 Å². The van der Waals surface area contributed by atoms with E-state index in [1.54, 1.807) is 12.1 Å². The van der Waals surface area contributed by atoms with Crippen LogP contribution >= 0.6 is 0 Å². The molecule has 0 spiro atoms. The SMILES string of the molecule is O=C1CC=C(O)c2c1ccc1ccccc21. The molecule has 16 heavy (non-hydrogen) atoms. The predicted octanol–water partition coefficient (Wildman–Crippen LogP) is 3.33. The first-order chi connectivity index (χ1) is 7.77. The molecule has 3 rings (SSSR count). The average Bonchev–Trinajstić information content (AvgIpc) is 2.33. The van der Waals surface area contributed by atoms with Crippen LogP contribution in [0.25, 0.3) is 16.5 Å². The van der Waals surface area contributed by atoms with E-state index in [1.807, 2.05) is 30.3 Å². The van der Waals surface area contributed by atoms with Crippen molar-refractivity contribution in [3.8, 4) is 0 Å². The van der Waals surface area contributed by atoms with Gasteiger partial charge in [0.2, 0.25) is 0 Å². The Balaban J connectivity index is 2.47. The highest BCUT2D eigenvalue weighted by Gasteiger charge is 2.20. The van der Waals surface area contributed by atoms with Gasteiger partial charge >= 0.3 is 0 Å². The van der Waals surface area contributed by atoms with Crippen LogP contribution in [0.3, 0.4) is 0 Å². The van der Waals surface area contributed by atoms with Crippen LogP contribution in [0.4, 0.5) is 0 Å². The molecule has 0 radical (unpaired) electrons. The van der Waals surface area contributed by atoms with Crippen molar-refractivity contribution in [1.82, 2.24) is 0 Å². The summed E-state index contributed by atoms with van der Waals surface area (Å²) in [5, 5.41) is 11.9. The Hall–Kier alpha value is -2.09. The summed E-state index contributed by atoms with van der Waals surface area (Å²) in [6.45, 7) is 0. The lowest BCUT2D eigenvalue weighted by Crippen LogP contribution is -2.08. The minimum absolute atomic E-state index is 0.0681. The maximum Gasteiger partial charge on any atom is 0.167 e. The van der Waals surface area contributed by atoms with Crippen molar-refractivity contribution >= 4 is 22.3 Å². The predicted molar refractivity (Wildman–Crippen MR) is 63.5 cm³/mol. The van der Waals surface area contributed by atoms with Crippen LogP contribution < -0.4 is 0 Å². The first-order valence-corrected chi connectivity index (χ1v) is 5.22. The highest BCUT2D eigenvalue weighted by Crippen LogP contribution is 2.31. The molecule has 0 amide bonds. The van der Waals surface area contributed by atoms with E-state index in [2.05, 4.69) is 0 Å². The van der Waals surface area contributed by atoms with Gasteiger partial charge < -0.3 is 5.11 Å². The summed E-state index contributed by atoms with van der Waals surface area (Å²) in [5.74, 6) is 0.282. The third-order valence-electron chi connectivity index (χ3n) is 2.97. The minimum Gasteiger partial charge on any atom is -0.508 e. The number of hydrogen-bond acceptors (Lipinski definition) is 2. The molecule has 2 heteroatoms. The molecule has 1 aliphatic carbocycles. The Morgan fingerprint density at radius 3 is 2.75 bits per heavy atom. The van der Waals surface area contributed by atoms with Crippen LogP contribution in [-0.4, -0.2) is 10.9 Å². The molecule has 0 saturated heterocycles. The van der Waals surface area contributed by atoms with Gasteiger partial charge in [-0.1, -0.05) is 36.4 Å². The van der Waals surface area contributed by atoms with Crippen molar-refractivity contribution in [2.75, 3.05) is 0 Å². The van der Waals surface area contributed by atoms with E-state index in [0.717, 1.165) is 10.8 Å². The molecule has 0 atom stereocenters. The van der Waals surface area contributed by atoms with E-state index < -0.39 is 0 Å². The fourth-order valence-corrected chi connectivity index (χ4v) is 2.18. The molecule has 2 nitrogen and oxygen atoms in total. The van der Waals surface area contributed by atoms with Crippen molar-refractivity contribution in [3.05, 3.63) is 53.6 Å². The zero-order valence-corrected chi connectivity index (χ0v) is 8.60. The fourth-order valence-electron chi connectivity index (χ4n) is 2.18. The van der Waals surface area contributed by atoms with Gasteiger partial charge in [0.05, 0.1) is 0 Å². The summed E-state index contributed by atoms with van der Waals surface area (Å²) in [6.07, 6.45) is 1.87. The number of hydrogen-bond donors (Lipinski definition) is 1. The van der Waals surface area contributed by atoms with Gasteiger partial charge in [-0.25, -0.2) is 0 Å². The van der Waals surface area contributed by atoms with Gasteiger partial charge in [0, 0.05) is 17.5 Å². The van der Waals surface area contributed by atoms with Crippen LogP contribution in [0.5, 0.6) is 0 Å². The molecular weight excluding hydrogens is 200 g/mol. The summed E-state index contributed by atoms with van der Waals surface area (Å²) in [4.78, 5) is 11.7. The van der Waals surface area contributed by atoms with Crippen LogP contribution in [0.1, 0.15) is 22.3 Å². The van der Waals surface area contributed by atoms with Crippen LogP contribution in [0.2, 0.25) is 0 Å². The average molecular weight is 210 g/mol. The highest BCUT2D eigenvalue weighted by molar-refractivity contribution is 6.09. The molecule has 0 fully saturated rings. The Bertz CT molecular complexity index is 624. The number of carbonyl (C=O) groups is 1. The molecule has 0 unspecified atom stereocenters. The maximum atomic E-state index is 11.7. The Morgan fingerprint density at radius 2 is 1.88 bits per heavy atom. The lowest BCUT2D eigenvalue weighted by atomic mass is 9.90. The quantitative estimate of drug-likeness (QED) is 0.724. The molecule has 0 saturated carbocycles. The number of allylic oxidation sites excluding steroid dienone is 1. The highest BCUT2D eigenvalue weighted by atomic mass is 16.3. The number of Topliss-reactive ketones (excluding diaryl/α,β-unsaturated/α-hetero) is 1. The molecule has 2 aromatic rings. The zero-order chi connectivity index (χ0) is 11.1. The molecule has 1 aliphatic rings. The summed E-state index contributed by atoms with van der Waals surface area (Å²) >= 11 is 0. The first-order valence-electron chi connectivity index (χ1n) is 5.22. The molecule has 0 heterocycles. The molecule has 2 aromatic carbocycles. The van der Waals surface area contributed by atoms with E-state index in [9.17, 15) is 9.90 Å². The van der Waals surface area contributed by atoms with E-state index in [-0.39, 0.29) is 18.0 Å². The van der Waals surface area contributed by atoms with Gasteiger partial charge in [-0.3, -0.25) is 4.79 Å². The monoisotopic (exact) mass is 210 g/mol. The third kappa shape index (κ3) is 1.16. The standard InChI is InChI=1S/C14H10O2/c15-12-7-8-13(16)14-10-4-2-1-3-9(10)5-6-11(12)14/h1-6,8,16H,7H2. The number of rotatable bonds is 0. The van der Waals surface area contributed by atoms with Gasteiger partial charge in [0.1, 0.15) is 5.76 Å². The smallest absolute Gasteiger partial charge is 0.167 e. The van der Waals surface area contributed by atoms with Gasteiger partial charge in [0.15, 0.2) is 5.78 Å². The summed E-state index contributed by atoms with van der Waals surface area (Å²) in [7, 11) is 0. The number of carbonyl (C=O) groups excluding carboxylic acids is 1. The van der Waals surface area contributed by atoms with Crippen molar-refractivity contribution in [2.45, 2.75) is 6.42 Å². The Morgan fingerprint density at radius 1 is 1.06 bits per heavy atom. The van der Waals surface area contributed by atoms with Gasteiger partial charge in [0.25, 0.3) is 0 Å². The molecular formula is C14H10O2. The van der Waals surface area contributed by atoms with E-state index in [4.69, 9.17) is 0 Å². The van der Waals surface area contributed by atoms with E-state index in [1.165, 1.54) is 0 Å². The maximum absolute atomic E-state index is 11.7. The molecule has 0 bridgehead atoms. The second kappa shape index (κ2) is 3.20.